The van der Waals surface area contributed by atoms with E-state index in [1.807, 2.05) is 47.4 Å². The van der Waals surface area contributed by atoms with Crippen LogP contribution in [0.3, 0.4) is 0 Å². The van der Waals surface area contributed by atoms with Crippen LogP contribution in [0.5, 0.6) is 0 Å². The minimum atomic E-state index is -0.577. The molecule has 0 saturated carbocycles. The highest BCUT2D eigenvalue weighted by molar-refractivity contribution is 6.02. The molecule has 0 radical (unpaired) electrons. The van der Waals surface area contributed by atoms with Gasteiger partial charge < -0.3 is 9.88 Å². The molecule has 0 atom stereocenters. The van der Waals surface area contributed by atoms with Crippen LogP contribution in [-0.2, 0) is 17.8 Å². The maximum Gasteiger partial charge on any atom is 0.270 e. The van der Waals surface area contributed by atoms with Crippen molar-refractivity contribution >= 4 is 28.8 Å². The van der Waals surface area contributed by atoms with Gasteiger partial charge in [0.05, 0.1) is 0 Å². The van der Waals surface area contributed by atoms with Crippen molar-refractivity contribution < 1.29 is 14.8 Å². The second kappa shape index (κ2) is 7.09. The molecule has 3 N–H and O–H groups in total. The predicted octanol–water partition coefficient (Wildman–Crippen LogP) is 2.89. The fourth-order valence-corrected chi connectivity index (χ4v) is 3.46. The maximum atomic E-state index is 12.9. The highest BCUT2D eigenvalue weighted by Crippen LogP contribution is 2.28. The number of aromatic amines is 1. The Bertz CT molecular complexity index is 1030. The van der Waals surface area contributed by atoms with Crippen LogP contribution >= 0.6 is 0 Å². The molecule has 0 bridgehead atoms. The summed E-state index contributed by atoms with van der Waals surface area (Å²) in [6.07, 6.45) is 3.70. The monoisotopic (exact) mass is 361 g/mol. The minimum absolute atomic E-state index is 0.0241. The Morgan fingerprint density at radius 2 is 1.96 bits per heavy atom. The molecular weight excluding hydrogens is 342 g/mol. The van der Waals surface area contributed by atoms with Gasteiger partial charge in [0.1, 0.15) is 5.69 Å². The molecule has 1 aliphatic rings. The molecule has 3 aromatic rings. The lowest BCUT2D eigenvalue weighted by atomic mass is 10.0. The largest absolute Gasteiger partial charge is 0.350 e. The molecule has 2 amide bonds. The fraction of sp³-hybridized carbons (Fsp3) is 0.143. The molecule has 0 fully saturated rings. The maximum absolute atomic E-state index is 12.9. The van der Waals surface area contributed by atoms with Gasteiger partial charge in [-0.3, -0.25) is 14.8 Å². The second-order valence-corrected chi connectivity index (χ2v) is 6.55. The van der Waals surface area contributed by atoms with Crippen LogP contribution in [0, 0.1) is 0 Å². The number of hydrogen-bond acceptors (Lipinski definition) is 3. The number of hydrogen-bond donors (Lipinski definition) is 3. The van der Waals surface area contributed by atoms with Gasteiger partial charge in [-0.2, -0.15) is 0 Å². The number of hydroxylamine groups is 1. The fourth-order valence-electron chi connectivity index (χ4n) is 3.46. The van der Waals surface area contributed by atoms with Gasteiger partial charge >= 0.3 is 0 Å². The van der Waals surface area contributed by atoms with Crippen molar-refractivity contribution in [3.05, 3.63) is 77.0 Å². The van der Waals surface area contributed by atoms with Gasteiger partial charge in [0.2, 0.25) is 0 Å². The van der Waals surface area contributed by atoms with Gasteiger partial charge in [-0.05, 0) is 35.3 Å². The molecule has 6 heteroatoms. The summed E-state index contributed by atoms with van der Waals surface area (Å²) in [6, 6.07) is 15.6. The first-order chi connectivity index (χ1) is 13.2. The van der Waals surface area contributed by atoms with Crippen LogP contribution < -0.4 is 5.48 Å². The molecule has 1 aromatic heterocycles. The molecule has 0 saturated heterocycles. The van der Waals surface area contributed by atoms with Gasteiger partial charge in [0.15, 0.2) is 0 Å². The topological polar surface area (TPSA) is 85.4 Å². The molecular formula is C21H19N3O3. The van der Waals surface area contributed by atoms with Crippen LogP contribution in [0.4, 0.5) is 0 Å². The number of fused-ring (bicyclic) bond motifs is 3. The van der Waals surface area contributed by atoms with Gasteiger partial charge in [-0.25, -0.2) is 5.48 Å². The lowest BCUT2D eigenvalue weighted by Gasteiger charge is -2.27. The third kappa shape index (κ3) is 3.35. The summed E-state index contributed by atoms with van der Waals surface area (Å²) in [5, 5.41) is 9.62. The quantitative estimate of drug-likeness (QED) is 0.379. The van der Waals surface area contributed by atoms with E-state index in [0.29, 0.717) is 18.8 Å². The lowest BCUT2D eigenvalue weighted by Crippen LogP contribution is -2.36. The van der Waals surface area contributed by atoms with Crippen molar-refractivity contribution in [2.75, 3.05) is 6.54 Å². The lowest BCUT2D eigenvalue weighted by molar-refractivity contribution is -0.124. The van der Waals surface area contributed by atoms with Crippen LogP contribution in [0.15, 0.2) is 54.6 Å². The Kier molecular flexibility index (Phi) is 4.48. The van der Waals surface area contributed by atoms with Crippen LogP contribution in [0.1, 0.15) is 27.2 Å². The SMILES string of the molecule is O=C(C=Cc1ccc(CN2CCc3c([nH]c4ccccc34)C2=O)cc1)NO. The summed E-state index contributed by atoms with van der Waals surface area (Å²) >= 11 is 0. The smallest absolute Gasteiger partial charge is 0.270 e. The highest BCUT2D eigenvalue weighted by Gasteiger charge is 2.27. The Hall–Kier alpha value is -3.38. The minimum Gasteiger partial charge on any atom is -0.350 e. The van der Waals surface area contributed by atoms with Crippen LogP contribution in [-0.4, -0.2) is 33.5 Å². The zero-order valence-corrected chi connectivity index (χ0v) is 14.6. The average Bonchev–Trinajstić information content (AvgIpc) is 3.09. The van der Waals surface area contributed by atoms with Crippen molar-refractivity contribution in [1.82, 2.24) is 15.4 Å². The van der Waals surface area contributed by atoms with Crippen molar-refractivity contribution in [1.29, 1.82) is 0 Å². The Balaban J connectivity index is 1.50. The van der Waals surface area contributed by atoms with E-state index < -0.39 is 5.91 Å². The van der Waals surface area contributed by atoms with Crippen molar-refractivity contribution in [3.63, 3.8) is 0 Å². The first-order valence-corrected chi connectivity index (χ1v) is 8.75. The zero-order chi connectivity index (χ0) is 18.8. The number of benzene rings is 2. The van der Waals surface area contributed by atoms with Crippen molar-refractivity contribution in [2.45, 2.75) is 13.0 Å². The molecule has 6 nitrogen and oxygen atoms in total. The summed E-state index contributed by atoms with van der Waals surface area (Å²) in [6.45, 7) is 1.22. The molecule has 0 aliphatic carbocycles. The van der Waals surface area contributed by atoms with E-state index in [1.165, 1.54) is 6.08 Å². The number of carbonyl (C=O) groups excluding carboxylic acids is 2. The van der Waals surface area contributed by atoms with Crippen LogP contribution in [0.25, 0.3) is 17.0 Å². The number of nitrogens with zero attached hydrogens (tertiary/aromatic N) is 1. The molecule has 2 aromatic carbocycles. The Labute approximate surface area is 156 Å². The van der Waals surface area contributed by atoms with Crippen molar-refractivity contribution in [3.8, 4) is 0 Å². The number of aromatic nitrogens is 1. The van der Waals surface area contributed by atoms with E-state index in [0.717, 1.165) is 34.0 Å². The first-order valence-electron chi connectivity index (χ1n) is 8.75. The Morgan fingerprint density at radius 3 is 2.74 bits per heavy atom. The normalized spacial score (nSPS) is 14.0. The molecule has 1 aliphatic heterocycles. The van der Waals surface area contributed by atoms with Gasteiger partial charge in [0.25, 0.3) is 11.8 Å². The number of H-pyrrole nitrogens is 1. The predicted molar refractivity (Wildman–Crippen MR) is 102 cm³/mol. The van der Waals surface area contributed by atoms with E-state index in [4.69, 9.17) is 5.21 Å². The molecule has 2 heterocycles. The number of nitrogens with one attached hydrogen (secondary N) is 2. The standard InChI is InChI=1S/C21H19N3O3/c25-19(23-27)10-9-14-5-7-15(8-6-14)13-24-12-11-17-16-3-1-2-4-18(16)22-20(17)21(24)26/h1-10,22,27H,11-13H2,(H,23,25). The zero-order valence-electron chi connectivity index (χ0n) is 14.6. The van der Waals surface area contributed by atoms with Gasteiger partial charge in [0, 0.05) is 30.1 Å². The first kappa shape index (κ1) is 17.1. The number of carbonyl (C=O) groups is 2. The van der Waals surface area contributed by atoms with E-state index in [2.05, 4.69) is 11.1 Å². The number of amides is 2. The third-order valence-electron chi connectivity index (χ3n) is 4.84. The number of para-hydroxylation sites is 1. The van der Waals surface area contributed by atoms with E-state index in [1.54, 1.807) is 11.6 Å². The average molecular weight is 361 g/mol. The number of rotatable bonds is 4. The summed E-state index contributed by atoms with van der Waals surface area (Å²) < 4.78 is 0. The van der Waals surface area contributed by atoms with Crippen molar-refractivity contribution in [2.24, 2.45) is 0 Å². The third-order valence-corrected chi connectivity index (χ3v) is 4.84. The molecule has 4 rings (SSSR count). The summed E-state index contributed by atoms with van der Waals surface area (Å²) in [7, 11) is 0. The molecule has 0 unspecified atom stereocenters. The van der Waals surface area contributed by atoms with Gasteiger partial charge in [-0.1, -0.05) is 42.5 Å². The molecule has 0 spiro atoms. The van der Waals surface area contributed by atoms with E-state index in [-0.39, 0.29) is 5.91 Å². The second-order valence-electron chi connectivity index (χ2n) is 6.55. The summed E-state index contributed by atoms with van der Waals surface area (Å²) in [5.74, 6) is -0.553. The van der Waals surface area contributed by atoms with E-state index >= 15 is 0 Å². The van der Waals surface area contributed by atoms with E-state index in [9.17, 15) is 9.59 Å². The highest BCUT2D eigenvalue weighted by atomic mass is 16.5. The summed E-state index contributed by atoms with van der Waals surface area (Å²) in [4.78, 5) is 29.0. The Morgan fingerprint density at radius 1 is 1.19 bits per heavy atom. The molecule has 27 heavy (non-hydrogen) atoms. The summed E-state index contributed by atoms with van der Waals surface area (Å²) in [5.41, 5.74) is 6.21. The van der Waals surface area contributed by atoms with Gasteiger partial charge in [-0.15, -0.1) is 0 Å². The molecule has 136 valence electrons. The van der Waals surface area contributed by atoms with Crippen LogP contribution in [0.2, 0.25) is 0 Å².